The Kier molecular flexibility index (Phi) is 6.65. The van der Waals surface area contributed by atoms with Crippen molar-refractivity contribution in [3.8, 4) is 0 Å². The van der Waals surface area contributed by atoms with Crippen molar-refractivity contribution in [2.75, 3.05) is 13.1 Å². The molecule has 2 aliphatic rings. The monoisotopic (exact) mass is 438 g/mol. The van der Waals surface area contributed by atoms with Crippen LogP contribution in [0.2, 0.25) is 0 Å². The lowest BCUT2D eigenvalue weighted by atomic mass is 9.73. The van der Waals surface area contributed by atoms with Gasteiger partial charge in [-0.1, -0.05) is 36.3 Å². The fourth-order valence-corrected chi connectivity index (χ4v) is 4.99. The molecule has 0 amide bonds. The Balaban J connectivity index is 1.36. The zero-order valence-electron chi connectivity index (χ0n) is 19.4. The van der Waals surface area contributed by atoms with Crippen LogP contribution in [0.1, 0.15) is 61.4 Å². The van der Waals surface area contributed by atoms with Crippen LogP contribution in [-0.2, 0) is 22.7 Å². The summed E-state index contributed by atoms with van der Waals surface area (Å²) in [5.74, 6) is -0.711. The van der Waals surface area contributed by atoms with Crippen LogP contribution in [0.15, 0.2) is 35.6 Å². The zero-order valence-corrected chi connectivity index (χ0v) is 19.4. The number of aryl methyl sites for hydroxylation is 2. The molecule has 2 aromatic rings. The smallest absolute Gasteiger partial charge is 0.309 e. The third kappa shape index (κ3) is 4.58. The SMILES string of the molecule is CCCn1ncc(CN2CCC(CC3CC(c4ccccc4C)=NO3)(C(=O)O)CC2)c1C. The van der Waals surface area contributed by atoms with Gasteiger partial charge >= 0.3 is 5.97 Å². The summed E-state index contributed by atoms with van der Waals surface area (Å²) < 4.78 is 2.06. The fraction of sp³-hybridized carbons (Fsp3) is 0.560. The molecular weight excluding hydrogens is 404 g/mol. The number of benzene rings is 1. The van der Waals surface area contributed by atoms with E-state index in [1.165, 1.54) is 11.3 Å². The van der Waals surface area contributed by atoms with E-state index < -0.39 is 11.4 Å². The van der Waals surface area contributed by atoms with Gasteiger partial charge in [0, 0.05) is 42.8 Å². The summed E-state index contributed by atoms with van der Waals surface area (Å²) >= 11 is 0. The van der Waals surface area contributed by atoms with Crippen LogP contribution in [0.5, 0.6) is 0 Å². The molecule has 2 aliphatic heterocycles. The van der Waals surface area contributed by atoms with Gasteiger partial charge in [-0.25, -0.2) is 0 Å². The molecule has 1 N–H and O–H groups in total. The second-order valence-corrected chi connectivity index (χ2v) is 9.33. The van der Waals surface area contributed by atoms with Gasteiger partial charge in [0.1, 0.15) is 6.10 Å². The molecule has 0 radical (unpaired) electrons. The number of hydrogen-bond donors (Lipinski definition) is 1. The van der Waals surface area contributed by atoms with E-state index in [1.54, 1.807) is 0 Å². The molecule has 0 aliphatic carbocycles. The first-order chi connectivity index (χ1) is 15.4. The number of hydrogen-bond acceptors (Lipinski definition) is 5. The molecule has 1 aromatic heterocycles. The molecule has 4 rings (SSSR count). The molecule has 7 nitrogen and oxygen atoms in total. The van der Waals surface area contributed by atoms with Crippen molar-refractivity contribution >= 4 is 11.7 Å². The first kappa shape index (κ1) is 22.5. The molecule has 1 atom stereocenters. The number of oxime groups is 1. The summed E-state index contributed by atoms with van der Waals surface area (Å²) in [7, 11) is 0. The third-order valence-corrected chi connectivity index (χ3v) is 7.11. The summed E-state index contributed by atoms with van der Waals surface area (Å²) in [5, 5.41) is 18.9. The highest BCUT2D eigenvalue weighted by Gasteiger charge is 2.45. The first-order valence-corrected chi connectivity index (χ1v) is 11.7. The molecule has 0 spiro atoms. The number of likely N-dealkylation sites (tertiary alicyclic amines) is 1. The Hall–Kier alpha value is -2.67. The van der Waals surface area contributed by atoms with Crippen LogP contribution >= 0.6 is 0 Å². The molecule has 32 heavy (non-hydrogen) atoms. The Labute approximate surface area is 190 Å². The van der Waals surface area contributed by atoms with Crippen molar-refractivity contribution < 1.29 is 14.7 Å². The molecule has 1 aromatic carbocycles. The molecule has 0 bridgehead atoms. The summed E-state index contributed by atoms with van der Waals surface area (Å²) in [6, 6.07) is 8.12. The van der Waals surface area contributed by atoms with Crippen LogP contribution in [0.25, 0.3) is 0 Å². The van der Waals surface area contributed by atoms with Crippen LogP contribution in [0, 0.1) is 19.3 Å². The minimum absolute atomic E-state index is 0.179. The van der Waals surface area contributed by atoms with Gasteiger partial charge in [-0.2, -0.15) is 5.10 Å². The van der Waals surface area contributed by atoms with E-state index >= 15 is 0 Å². The van der Waals surface area contributed by atoms with Crippen molar-refractivity contribution in [3.05, 3.63) is 52.8 Å². The first-order valence-electron chi connectivity index (χ1n) is 11.7. The van der Waals surface area contributed by atoms with Crippen molar-refractivity contribution in [2.45, 2.75) is 72.1 Å². The number of nitrogens with zero attached hydrogens (tertiary/aromatic N) is 4. The predicted octanol–water partition coefficient (Wildman–Crippen LogP) is 4.16. The second-order valence-electron chi connectivity index (χ2n) is 9.33. The average Bonchev–Trinajstić information content (AvgIpc) is 3.37. The van der Waals surface area contributed by atoms with Gasteiger partial charge in [0.15, 0.2) is 0 Å². The summed E-state index contributed by atoms with van der Waals surface area (Å²) in [6.45, 7) is 9.62. The molecule has 1 fully saturated rings. The van der Waals surface area contributed by atoms with Gasteiger partial charge in [-0.15, -0.1) is 0 Å². The highest BCUT2D eigenvalue weighted by Crippen LogP contribution is 2.39. The standard InChI is InChI=1S/C25H34N4O3/c1-4-11-29-19(3)20(16-26-29)17-28-12-9-25(10-13-28,24(30)31)15-21-14-23(27-32-21)22-8-6-5-7-18(22)2/h5-8,16,21H,4,9-15,17H2,1-3H3,(H,30,31). The molecule has 1 unspecified atom stereocenters. The number of rotatable bonds is 8. The quantitative estimate of drug-likeness (QED) is 0.669. The lowest BCUT2D eigenvalue weighted by molar-refractivity contribution is -0.155. The molecule has 172 valence electrons. The topological polar surface area (TPSA) is 80.0 Å². The van der Waals surface area contributed by atoms with Crippen LogP contribution < -0.4 is 0 Å². The Morgan fingerprint density at radius 2 is 2.00 bits per heavy atom. The number of carboxylic acid groups (broad SMARTS) is 1. The van der Waals surface area contributed by atoms with E-state index in [0.29, 0.717) is 25.7 Å². The van der Waals surface area contributed by atoms with E-state index in [4.69, 9.17) is 4.84 Å². The number of aromatic nitrogens is 2. The number of aliphatic carboxylic acids is 1. The van der Waals surface area contributed by atoms with Gasteiger partial charge < -0.3 is 9.94 Å². The largest absolute Gasteiger partial charge is 0.481 e. The Bertz CT molecular complexity index is 989. The summed E-state index contributed by atoms with van der Waals surface area (Å²) in [5.41, 5.74) is 4.87. The number of carboxylic acids is 1. The molecular formula is C25H34N4O3. The molecule has 3 heterocycles. The highest BCUT2D eigenvalue weighted by atomic mass is 16.6. The van der Waals surface area contributed by atoms with Crippen molar-refractivity contribution in [3.63, 3.8) is 0 Å². The van der Waals surface area contributed by atoms with Crippen molar-refractivity contribution in [1.29, 1.82) is 0 Å². The maximum absolute atomic E-state index is 12.3. The maximum Gasteiger partial charge on any atom is 0.309 e. The summed E-state index contributed by atoms with van der Waals surface area (Å²) in [6.07, 6.45) is 5.27. The van der Waals surface area contributed by atoms with E-state index in [9.17, 15) is 9.90 Å². The average molecular weight is 439 g/mol. The second kappa shape index (κ2) is 9.45. The normalized spacial score (nSPS) is 20.7. The molecule has 1 saturated heterocycles. The predicted molar refractivity (Wildman–Crippen MR) is 124 cm³/mol. The van der Waals surface area contributed by atoms with Gasteiger partial charge in [0.25, 0.3) is 0 Å². The van der Waals surface area contributed by atoms with E-state index in [0.717, 1.165) is 49.4 Å². The van der Waals surface area contributed by atoms with Crippen LogP contribution in [0.3, 0.4) is 0 Å². The zero-order chi connectivity index (χ0) is 22.7. The maximum atomic E-state index is 12.3. The Morgan fingerprint density at radius 3 is 2.69 bits per heavy atom. The van der Waals surface area contributed by atoms with Gasteiger partial charge in [-0.05, 0) is 51.8 Å². The van der Waals surface area contributed by atoms with E-state index in [2.05, 4.69) is 52.7 Å². The Morgan fingerprint density at radius 1 is 1.25 bits per heavy atom. The van der Waals surface area contributed by atoms with Crippen molar-refractivity contribution in [2.24, 2.45) is 10.6 Å². The van der Waals surface area contributed by atoms with E-state index in [-0.39, 0.29) is 6.10 Å². The molecule has 0 saturated carbocycles. The number of carbonyl (C=O) groups is 1. The lowest BCUT2D eigenvalue weighted by Gasteiger charge is -2.39. The van der Waals surface area contributed by atoms with Gasteiger partial charge in [-0.3, -0.25) is 14.4 Å². The van der Waals surface area contributed by atoms with E-state index in [1.807, 2.05) is 18.3 Å². The summed E-state index contributed by atoms with van der Waals surface area (Å²) in [4.78, 5) is 20.4. The minimum Gasteiger partial charge on any atom is -0.481 e. The van der Waals surface area contributed by atoms with Crippen molar-refractivity contribution in [1.82, 2.24) is 14.7 Å². The van der Waals surface area contributed by atoms with Gasteiger partial charge in [0.05, 0.1) is 17.3 Å². The fourth-order valence-electron chi connectivity index (χ4n) is 4.99. The van der Waals surface area contributed by atoms with Gasteiger partial charge in [0.2, 0.25) is 0 Å². The lowest BCUT2D eigenvalue weighted by Crippen LogP contribution is -2.45. The number of piperidine rings is 1. The van der Waals surface area contributed by atoms with Crippen LogP contribution in [-0.4, -0.2) is 50.7 Å². The third-order valence-electron chi connectivity index (χ3n) is 7.11. The van der Waals surface area contributed by atoms with Crippen LogP contribution in [0.4, 0.5) is 0 Å². The minimum atomic E-state index is -0.751. The molecule has 7 heteroatoms. The highest BCUT2D eigenvalue weighted by molar-refractivity contribution is 6.02.